The SMILES string of the molecule is O=c1oc2cc(O)ccc2c2c1O2. The highest BCUT2D eigenvalue weighted by Crippen LogP contribution is 2.47. The molecule has 0 aliphatic carbocycles. The fourth-order valence-electron chi connectivity index (χ4n) is 1.32. The molecule has 0 saturated heterocycles. The number of fused-ring (bicyclic) bond motifs is 3. The van der Waals surface area contributed by atoms with Gasteiger partial charge in [0.2, 0.25) is 0 Å². The van der Waals surface area contributed by atoms with Gasteiger partial charge in [0, 0.05) is 6.07 Å². The molecule has 0 unspecified atom stereocenters. The van der Waals surface area contributed by atoms with Gasteiger partial charge < -0.3 is 14.3 Å². The number of rotatable bonds is 0. The maximum absolute atomic E-state index is 11.0. The number of phenols is 1. The van der Waals surface area contributed by atoms with E-state index >= 15 is 0 Å². The van der Waals surface area contributed by atoms with Gasteiger partial charge in [0.05, 0.1) is 5.39 Å². The molecular weight excluding hydrogens is 172 g/mol. The van der Waals surface area contributed by atoms with E-state index in [1.54, 1.807) is 6.07 Å². The van der Waals surface area contributed by atoms with Crippen molar-refractivity contribution in [1.82, 2.24) is 0 Å². The minimum atomic E-state index is -0.492. The van der Waals surface area contributed by atoms with Gasteiger partial charge >= 0.3 is 5.63 Å². The number of benzene rings is 1. The van der Waals surface area contributed by atoms with E-state index in [-0.39, 0.29) is 11.5 Å². The van der Waals surface area contributed by atoms with E-state index in [1.807, 2.05) is 0 Å². The van der Waals surface area contributed by atoms with Gasteiger partial charge in [0.25, 0.3) is 5.75 Å². The van der Waals surface area contributed by atoms with Crippen molar-refractivity contribution in [3.63, 3.8) is 0 Å². The molecular formula is C9H4O4. The van der Waals surface area contributed by atoms with Gasteiger partial charge in [0.15, 0.2) is 5.75 Å². The van der Waals surface area contributed by atoms with Crippen LogP contribution in [0.15, 0.2) is 27.4 Å². The number of hydrogen-bond donors (Lipinski definition) is 1. The van der Waals surface area contributed by atoms with Crippen LogP contribution >= 0.6 is 0 Å². The van der Waals surface area contributed by atoms with Crippen molar-refractivity contribution < 1.29 is 14.3 Å². The monoisotopic (exact) mass is 176 g/mol. The van der Waals surface area contributed by atoms with Crippen LogP contribution in [0.5, 0.6) is 17.2 Å². The van der Waals surface area contributed by atoms with Gasteiger partial charge in [-0.1, -0.05) is 0 Å². The van der Waals surface area contributed by atoms with Crippen molar-refractivity contribution in [1.29, 1.82) is 0 Å². The quantitative estimate of drug-likeness (QED) is 0.417. The maximum Gasteiger partial charge on any atom is 0.383 e. The maximum atomic E-state index is 11.0. The topological polar surface area (TPSA) is 63.0 Å². The first-order valence-electron chi connectivity index (χ1n) is 3.73. The van der Waals surface area contributed by atoms with Gasteiger partial charge in [0.1, 0.15) is 11.3 Å². The Hall–Kier alpha value is -1.97. The Morgan fingerprint density at radius 2 is 2.08 bits per heavy atom. The van der Waals surface area contributed by atoms with Crippen molar-refractivity contribution in [3.8, 4) is 17.2 Å². The molecule has 2 aromatic rings. The van der Waals surface area contributed by atoms with E-state index in [4.69, 9.17) is 14.3 Å². The molecule has 2 heterocycles. The molecule has 3 rings (SSSR count). The summed E-state index contributed by atoms with van der Waals surface area (Å²) in [4.78, 5) is 11.0. The summed E-state index contributed by atoms with van der Waals surface area (Å²) in [7, 11) is 0. The molecule has 0 radical (unpaired) electrons. The molecule has 1 aliphatic heterocycles. The molecule has 1 N–H and O–H groups in total. The normalized spacial score (nSPS) is 12.3. The molecule has 1 aromatic heterocycles. The highest BCUT2D eigenvalue weighted by atomic mass is 16.6. The Bertz CT molecular complexity index is 568. The van der Waals surface area contributed by atoms with Crippen molar-refractivity contribution in [2.24, 2.45) is 0 Å². The van der Waals surface area contributed by atoms with Crippen molar-refractivity contribution in [3.05, 3.63) is 28.6 Å². The zero-order chi connectivity index (χ0) is 9.00. The Kier molecular flexibility index (Phi) is 0.930. The summed E-state index contributed by atoms with van der Waals surface area (Å²) in [6, 6.07) is 4.56. The van der Waals surface area contributed by atoms with Crippen molar-refractivity contribution in [2.75, 3.05) is 0 Å². The number of aromatic hydroxyl groups is 1. The lowest BCUT2D eigenvalue weighted by atomic mass is 10.2. The van der Waals surface area contributed by atoms with Crippen molar-refractivity contribution in [2.45, 2.75) is 0 Å². The zero-order valence-corrected chi connectivity index (χ0v) is 6.40. The van der Waals surface area contributed by atoms with Gasteiger partial charge in [-0.05, 0) is 12.1 Å². The van der Waals surface area contributed by atoms with E-state index in [0.29, 0.717) is 16.7 Å². The summed E-state index contributed by atoms with van der Waals surface area (Å²) in [5.74, 6) is 0.903. The first-order chi connectivity index (χ1) is 6.25. The lowest BCUT2D eigenvalue weighted by Crippen LogP contribution is -1.89. The second-order valence-electron chi connectivity index (χ2n) is 2.83. The molecule has 1 aliphatic rings. The predicted molar refractivity (Wildman–Crippen MR) is 44.2 cm³/mol. The Morgan fingerprint density at radius 3 is 2.92 bits per heavy atom. The average molecular weight is 176 g/mol. The van der Waals surface area contributed by atoms with Crippen LogP contribution < -0.4 is 10.4 Å². The molecule has 0 fully saturated rings. The fraction of sp³-hybridized carbons (Fsp3) is 0. The minimum absolute atomic E-state index is 0.0660. The van der Waals surface area contributed by atoms with Crippen LogP contribution in [-0.2, 0) is 0 Å². The molecule has 13 heavy (non-hydrogen) atoms. The largest absolute Gasteiger partial charge is 0.508 e. The average Bonchev–Trinajstić information content (AvgIpc) is 2.83. The Morgan fingerprint density at radius 1 is 1.23 bits per heavy atom. The Balaban J connectivity index is 2.54. The van der Waals surface area contributed by atoms with Gasteiger partial charge in [-0.2, -0.15) is 0 Å². The second kappa shape index (κ2) is 1.85. The van der Waals surface area contributed by atoms with Crippen LogP contribution in [0.25, 0.3) is 11.0 Å². The Labute approximate surface area is 72.0 Å². The van der Waals surface area contributed by atoms with Crippen LogP contribution in [0.1, 0.15) is 0 Å². The van der Waals surface area contributed by atoms with E-state index < -0.39 is 5.63 Å². The van der Waals surface area contributed by atoms with Crippen molar-refractivity contribution >= 4 is 11.0 Å². The fourth-order valence-corrected chi connectivity index (χ4v) is 1.32. The lowest BCUT2D eigenvalue weighted by Gasteiger charge is -1.92. The summed E-state index contributed by atoms with van der Waals surface area (Å²) in [5, 5.41) is 9.84. The molecule has 0 bridgehead atoms. The smallest absolute Gasteiger partial charge is 0.383 e. The lowest BCUT2D eigenvalue weighted by molar-refractivity contribution is 0.473. The van der Waals surface area contributed by atoms with E-state index in [0.717, 1.165) is 0 Å². The van der Waals surface area contributed by atoms with Crippen LogP contribution in [0.4, 0.5) is 0 Å². The third-order valence-corrected chi connectivity index (χ3v) is 1.97. The van der Waals surface area contributed by atoms with Crippen LogP contribution in [0.2, 0.25) is 0 Å². The summed E-state index contributed by atoms with van der Waals surface area (Å²) in [5.41, 5.74) is -0.144. The van der Waals surface area contributed by atoms with E-state index in [2.05, 4.69) is 0 Å². The molecule has 4 heteroatoms. The standard InChI is InChI=1S/C9H4O4/c10-4-1-2-5-6(3-4)12-9(11)8-7(5)13-8/h1-3,10H. The van der Waals surface area contributed by atoms with Gasteiger partial charge in [-0.15, -0.1) is 0 Å². The molecule has 0 spiro atoms. The molecule has 0 saturated carbocycles. The molecule has 0 amide bonds. The molecule has 1 aromatic carbocycles. The molecule has 0 atom stereocenters. The highest BCUT2D eigenvalue weighted by molar-refractivity contribution is 5.90. The third-order valence-electron chi connectivity index (χ3n) is 1.97. The first-order valence-corrected chi connectivity index (χ1v) is 3.73. The second-order valence-corrected chi connectivity index (χ2v) is 2.83. The summed E-state index contributed by atoms with van der Waals surface area (Å²) in [6.45, 7) is 0. The molecule has 64 valence electrons. The van der Waals surface area contributed by atoms with Gasteiger partial charge in [-0.3, -0.25) is 0 Å². The van der Waals surface area contributed by atoms with Crippen LogP contribution in [0, 0.1) is 0 Å². The van der Waals surface area contributed by atoms with E-state index in [9.17, 15) is 4.79 Å². The predicted octanol–water partition coefficient (Wildman–Crippen LogP) is 1.60. The van der Waals surface area contributed by atoms with Crippen LogP contribution in [-0.4, -0.2) is 5.11 Å². The number of hydrogen-bond acceptors (Lipinski definition) is 4. The summed E-state index contributed by atoms with van der Waals surface area (Å²) in [6.07, 6.45) is 0. The van der Waals surface area contributed by atoms with Gasteiger partial charge in [-0.25, -0.2) is 4.79 Å². The number of phenolic OH excluding ortho intramolecular Hbond substituents is 1. The highest BCUT2D eigenvalue weighted by Gasteiger charge is 2.30. The zero-order valence-electron chi connectivity index (χ0n) is 6.40. The summed E-state index contributed by atoms with van der Waals surface area (Å²) < 4.78 is 9.82. The first kappa shape index (κ1) is 6.54. The minimum Gasteiger partial charge on any atom is -0.508 e. The molecule has 4 nitrogen and oxygen atoms in total. The third kappa shape index (κ3) is 0.767. The van der Waals surface area contributed by atoms with E-state index in [1.165, 1.54) is 12.1 Å². The number of ether oxygens (including phenoxy) is 1. The van der Waals surface area contributed by atoms with Crippen LogP contribution in [0.3, 0.4) is 0 Å². The summed E-state index contributed by atoms with van der Waals surface area (Å²) >= 11 is 0.